The molecule has 0 fully saturated rings. The number of hydrogen-bond donors (Lipinski definition) is 4. The fraction of sp³-hybridized carbons (Fsp3) is 0.438. The summed E-state index contributed by atoms with van der Waals surface area (Å²) in [6.45, 7) is 3.56. The van der Waals surface area contributed by atoms with Crippen LogP contribution >= 0.6 is 0 Å². The minimum atomic E-state index is -0.629. The first-order chi connectivity index (χ1) is 10.9. The van der Waals surface area contributed by atoms with Crippen molar-refractivity contribution in [3.8, 4) is 0 Å². The molecule has 0 saturated heterocycles. The van der Waals surface area contributed by atoms with Crippen molar-refractivity contribution in [1.82, 2.24) is 5.32 Å². The van der Waals surface area contributed by atoms with Crippen molar-refractivity contribution < 1.29 is 14.4 Å². The molecule has 2 rings (SSSR count). The molecule has 0 aromatic heterocycles. The number of fused-ring (bicyclic) bond motifs is 1. The summed E-state index contributed by atoms with van der Waals surface area (Å²) in [5.41, 5.74) is 8.09. The molecule has 1 aromatic carbocycles. The summed E-state index contributed by atoms with van der Waals surface area (Å²) in [6.07, 6.45) is 1.08. The van der Waals surface area contributed by atoms with E-state index in [9.17, 15) is 14.4 Å². The highest BCUT2D eigenvalue weighted by molar-refractivity contribution is 5.97. The third kappa shape index (κ3) is 4.53. The number of amides is 3. The van der Waals surface area contributed by atoms with Crippen LogP contribution in [0.1, 0.15) is 25.8 Å². The van der Waals surface area contributed by atoms with E-state index in [2.05, 4.69) is 16.0 Å². The number of nitrogens with one attached hydrogen (secondary N) is 3. The van der Waals surface area contributed by atoms with Gasteiger partial charge in [0.05, 0.1) is 12.6 Å². The minimum Gasteiger partial charge on any atom is -0.346 e. The second kappa shape index (κ2) is 7.23. The third-order valence-electron chi connectivity index (χ3n) is 3.73. The number of aryl methyl sites for hydroxylation is 1. The molecule has 7 heteroatoms. The fourth-order valence-electron chi connectivity index (χ4n) is 2.25. The van der Waals surface area contributed by atoms with Gasteiger partial charge in [0.15, 0.2) is 0 Å². The predicted octanol–water partition coefficient (Wildman–Crippen LogP) is 0.609. The number of benzene rings is 1. The first kappa shape index (κ1) is 17.0. The molecule has 1 aromatic rings. The van der Waals surface area contributed by atoms with E-state index in [1.807, 2.05) is 19.9 Å². The molecule has 0 radical (unpaired) electrons. The maximum Gasteiger partial charge on any atom is 0.243 e. The number of nitrogens with two attached hydrogens (primary N) is 1. The summed E-state index contributed by atoms with van der Waals surface area (Å²) in [4.78, 5) is 34.9. The first-order valence-electron chi connectivity index (χ1n) is 7.62. The van der Waals surface area contributed by atoms with Gasteiger partial charge >= 0.3 is 0 Å². The zero-order valence-corrected chi connectivity index (χ0v) is 13.3. The van der Waals surface area contributed by atoms with Gasteiger partial charge in [-0.2, -0.15) is 0 Å². The van der Waals surface area contributed by atoms with Crippen molar-refractivity contribution in [3.05, 3.63) is 23.8 Å². The van der Waals surface area contributed by atoms with E-state index in [1.165, 1.54) is 0 Å². The Kier molecular flexibility index (Phi) is 5.33. The van der Waals surface area contributed by atoms with Gasteiger partial charge < -0.3 is 21.7 Å². The summed E-state index contributed by atoms with van der Waals surface area (Å²) in [5.74, 6) is -0.662. The smallest absolute Gasteiger partial charge is 0.243 e. The molecule has 3 amide bonds. The summed E-state index contributed by atoms with van der Waals surface area (Å²) < 4.78 is 0. The largest absolute Gasteiger partial charge is 0.346 e. The van der Waals surface area contributed by atoms with Crippen LogP contribution in [0.4, 0.5) is 11.4 Å². The van der Waals surface area contributed by atoms with E-state index >= 15 is 0 Å². The minimum absolute atomic E-state index is 0.00140. The van der Waals surface area contributed by atoms with Crippen LogP contribution in [0.2, 0.25) is 0 Å². The van der Waals surface area contributed by atoms with E-state index in [0.717, 1.165) is 11.3 Å². The lowest BCUT2D eigenvalue weighted by molar-refractivity contribution is -0.125. The monoisotopic (exact) mass is 318 g/mol. The quantitative estimate of drug-likeness (QED) is 0.637. The number of anilines is 2. The van der Waals surface area contributed by atoms with Crippen molar-refractivity contribution in [1.29, 1.82) is 0 Å². The van der Waals surface area contributed by atoms with Gasteiger partial charge in [-0.3, -0.25) is 14.4 Å². The van der Waals surface area contributed by atoms with Gasteiger partial charge in [-0.1, -0.05) is 13.8 Å². The van der Waals surface area contributed by atoms with E-state index in [1.54, 1.807) is 12.1 Å². The summed E-state index contributed by atoms with van der Waals surface area (Å²) in [5, 5.41) is 8.02. The van der Waals surface area contributed by atoms with Gasteiger partial charge in [0.1, 0.15) is 0 Å². The summed E-state index contributed by atoms with van der Waals surface area (Å²) in [6, 6.07) is 4.67. The van der Waals surface area contributed by atoms with Crippen LogP contribution in [0.3, 0.4) is 0 Å². The molecule has 1 heterocycles. The average Bonchev–Trinajstić information content (AvgIpc) is 2.51. The van der Waals surface area contributed by atoms with Gasteiger partial charge in [0.2, 0.25) is 17.7 Å². The van der Waals surface area contributed by atoms with E-state index in [0.29, 0.717) is 18.5 Å². The maximum atomic E-state index is 11.9. The first-order valence-corrected chi connectivity index (χ1v) is 7.62. The maximum absolute atomic E-state index is 11.9. The van der Waals surface area contributed by atoms with E-state index < -0.39 is 6.04 Å². The Bertz CT molecular complexity index is 628. The van der Waals surface area contributed by atoms with Crippen molar-refractivity contribution in [2.45, 2.75) is 32.7 Å². The van der Waals surface area contributed by atoms with Gasteiger partial charge in [0.25, 0.3) is 0 Å². The molecule has 0 saturated carbocycles. The Morgan fingerprint density at radius 2 is 2.04 bits per heavy atom. The molecule has 1 aliphatic heterocycles. The average molecular weight is 318 g/mol. The second-order valence-electron chi connectivity index (χ2n) is 5.96. The standard InChI is InChI=1S/C16H22N4O3/c1-9(2)15(17)16(23)18-8-14(22)19-11-4-5-12-10(7-11)3-6-13(21)20-12/h4-5,7,9,15H,3,6,8,17H2,1-2H3,(H,18,23)(H,19,22)(H,20,21)/t15-/m0/s1. The molecular weight excluding hydrogens is 296 g/mol. The molecule has 23 heavy (non-hydrogen) atoms. The van der Waals surface area contributed by atoms with E-state index in [-0.39, 0.29) is 30.2 Å². The van der Waals surface area contributed by atoms with E-state index in [4.69, 9.17) is 5.73 Å². The Morgan fingerprint density at radius 3 is 2.74 bits per heavy atom. The molecule has 0 aliphatic carbocycles. The lowest BCUT2D eigenvalue weighted by Crippen LogP contribution is -2.46. The molecule has 1 aliphatic rings. The van der Waals surface area contributed by atoms with Crippen molar-refractivity contribution in [2.24, 2.45) is 11.7 Å². The van der Waals surface area contributed by atoms with Crippen molar-refractivity contribution >= 4 is 29.1 Å². The van der Waals surface area contributed by atoms with Crippen LogP contribution in [0.25, 0.3) is 0 Å². The van der Waals surface area contributed by atoms with Gasteiger partial charge in [-0.15, -0.1) is 0 Å². The highest BCUT2D eigenvalue weighted by Gasteiger charge is 2.18. The van der Waals surface area contributed by atoms with Crippen LogP contribution in [-0.4, -0.2) is 30.3 Å². The topological polar surface area (TPSA) is 113 Å². The normalized spacial score (nSPS) is 14.7. The molecule has 0 unspecified atom stereocenters. The van der Waals surface area contributed by atoms with Crippen LogP contribution in [-0.2, 0) is 20.8 Å². The van der Waals surface area contributed by atoms with Crippen molar-refractivity contribution in [3.63, 3.8) is 0 Å². The van der Waals surface area contributed by atoms with Crippen LogP contribution in [0.5, 0.6) is 0 Å². The zero-order valence-electron chi connectivity index (χ0n) is 13.3. The zero-order chi connectivity index (χ0) is 17.0. The number of rotatable bonds is 5. The summed E-state index contributed by atoms with van der Waals surface area (Å²) in [7, 11) is 0. The van der Waals surface area contributed by atoms with Crippen LogP contribution in [0, 0.1) is 5.92 Å². The summed E-state index contributed by atoms with van der Waals surface area (Å²) >= 11 is 0. The Morgan fingerprint density at radius 1 is 1.30 bits per heavy atom. The molecule has 124 valence electrons. The molecule has 0 bridgehead atoms. The van der Waals surface area contributed by atoms with Crippen LogP contribution in [0.15, 0.2) is 18.2 Å². The molecule has 7 nitrogen and oxygen atoms in total. The second-order valence-corrected chi connectivity index (χ2v) is 5.96. The number of carbonyl (C=O) groups is 3. The highest BCUT2D eigenvalue weighted by Crippen LogP contribution is 2.25. The molecule has 0 spiro atoms. The predicted molar refractivity (Wildman–Crippen MR) is 87.8 cm³/mol. The van der Waals surface area contributed by atoms with Gasteiger partial charge in [0, 0.05) is 17.8 Å². The Balaban J connectivity index is 1.88. The molecule has 1 atom stereocenters. The SMILES string of the molecule is CC(C)[C@H](N)C(=O)NCC(=O)Nc1ccc2c(c1)CCC(=O)N2. The molecule has 5 N–H and O–H groups in total. The van der Waals surface area contributed by atoms with Crippen LogP contribution < -0.4 is 21.7 Å². The van der Waals surface area contributed by atoms with Crippen molar-refractivity contribution in [2.75, 3.05) is 17.2 Å². The lowest BCUT2D eigenvalue weighted by atomic mass is 10.0. The number of hydrogen-bond acceptors (Lipinski definition) is 4. The fourth-order valence-corrected chi connectivity index (χ4v) is 2.25. The van der Waals surface area contributed by atoms with Gasteiger partial charge in [-0.05, 0) is 36.1 Å². The molecular formula is C16H22N4O3. The van der Waals surface area contributed by atoms with Gasteiger partial charge in [-0.25, -0.2) is 0 Å². The highest BCUT2D eigenvalue weighted by atomic mass is 16.2. The Hall–Kier alpha value is -2.41. The lowest BCUT2D eigenvalue weighted by Gasteiger charge is -2.18. The number of carbonyl (C=O) groups excluding carboxylic acids is 3. The third-order valence-corrected chi connectivity index (χ3v) is 3.73. The Labute approximate surface area is 135 Å².